The number of nitrogens with zero attached hydrogens (tertiary/aromatic N) is 2. The van der Waals surface area contributed by atoms with Gasteiger partial charge in [-0.15, -0.1) is 0 Å². The highest BCUT2D eigenvalue weighted by Gasteiger charge is 2.11. The van der Waals surface area contributed by atoms with E-state index in [-0.39, 0.29) is 5.57 Å². The highest BCUT2D eigenvalue weighted by molar-refractivity contribution is 5.92. The van der Waals surface area contributed by atoms with E-state index >= 15 is 0 Å². The normalized spacial score (nSPS) is 10.8. The van der Waals surface area contributed by atoms with E-state index in [2.05, 4.69) is 13.8 Å². The lowest BCUT2D eigenvalue weighted by Gasteiger charge is -2.18. The van der Waals surface area contributed by atoms with Crippen LogP contribution in [0.15, 0.2) is 11.8 Å². The van der Waals surface area contributed by atoms with Gasteiger partial charge < -0.3 is 9.64 Å². The molecule has 4 heteroatoms. The molecule has 0 spiro atoms. The standard InChI is InChI=1S/C12H20N2O2/c1-4-7-14(8-5-2)10-11(9-13)12(15)16-6-3/h10H,4-8H2,1-3H3. The minimum atomic E-state index is -0.540. The lowest BCUT2D eigenvalue weighted by molar-refractivity contribution is -0.138. The van der Waals surface area contributed by atoms with Gasteiger partial charge in [0.2, 0.25) is 0 Å². The molecule has 0 fully saturated rings. The monoisotopic (exact) mass is 224 g/mol. The Kier molecular flexibility index (Phi) is 7.96. The second kappa shape index (κ2) is 8.78. The zero-order valence-electron chi connectivity index (χ0n) is 10.3. The summed E-state index contributed by atoms with van der Waals surface area (Å²) in [4.78, 5) is 13.4. The first-order valence-corrected chi connectivity index (χ1v) is 5.72. The van der Waals surface area contributed by atoms with Crippen LogP contribution in [0.3, 0.4) is 0 Å². The molecule has 0 aromatic carbocycles. The van der Waals surface area contributed by atoms with Crippen molar-refractivity contribution in [3.63, 3.8) is 0 Å². The molecule has 0 heterocycles. The van der Waals surface area contributed by atoms with Crippen LogP contribution >= 0.6 is 0 Å². The van der Waals surface area contributed by atoms with Gasteiger partial charge in [-0.2, -0.15) is 5.26 Å². The molecule has 0 atom stereocenters. The van der Waals surface area contributed by atoms with Gasteiger partial charge in [0.1, 0.15) is 6.07 Å². The summed E-state index contributed by atoms with van der Waals surface area (Å²) in [5.41, 5.74) is 0.0729. The number of carbonyl (C=O) groups is 1. The van der Waals surface area contributed by atoms with Crippen molar-refractivity contribution in [1.29, 1.82) is 5.26 Å². The van der Waals surface area contributed by atoms with Crippen molar-refractivity contribution in [2.75, 3.05) is 19.7 Å². The van der Waals surface area contributed by atoms with Crippen LogP contribution in [0.2, 0.25) is 0 Å². The third-order valence-electron chi connectivity index (χ3n) is 1.95. The van der Waals surface area contributed by atoms with Gasteiger partial charge in [-0.3, -0.25) is 0 Å². The largest absolute Gasteiger partial charge is 0.462 e. The van der Waals surface area contributed by atoms with E-state index in [1.54, 1.807) is 13.1 Å². The third-order valence-corrected chi connectivity index (χ3v) is 1.95. The summed E-state index contributed by atoms with van der Waals surface area (Å²) in [7, 11) is 0. The van der Waals surface area contributed by atoms with Crippen molar-refractivity contribution in [3.8, 4) is 6.07 Å². The summed E-state index contributed by atoms with van der Waals surface area (Å²) in [5, 5.41) is 8.86. The fraction of sp³-hybridized carbons (Fsp3) is 0.667. The SMILES string of the molecule is CCCN(C=C(C#N)C(=O)OCC)CCC. The average Bonchev–Trinajstić information content (AvgIpc) is 2.26. The van der Waals surface area contributed by atoms with Gasteiger partial charge >= 0.3 is 5.97 Å². The number of esters is 1. The number of nitriles is 1. The minimum absolute atomic E-state index is 0.0729. The van der Waals surface area contributed by atoms with Gasteiger partial charge in [-0.1, -0.05) is 13.8 Å². The maximum Gasteiger partial charge on any atom is 0.350 e. The maximum absolute atomic E-state index is 11.4. The van der Waals surface area contributed by atoms with Crippen LogP contribution in [0.25, 0.3) is 0 Å². The Balaban J connectivity index is 4.62. The summed E-state index contributed by atoms with van der Waals surface area (Å²) in [6, 6.07) is 1.88. The molecule has 90 valence electrons. The van der Waals surface area contributed by atoms with Crippen molar-refractivity contribution < 1.29 is 9.53 Å². The zero-order valence-corrected chi connectivity index (χ0v) is 10.3. The Labute approximate surface area is 97.5 Å². The molecule has 0 aliphatic carbocycles. The summed E-state index contributed by atoms with van der Waals surface area (Å²) in [6.07, 6.45) is 3.57. The summed E-state index contributed by atoms with van der Waals surface area (Å²) in [5.74, 6) is -0.540. The fourth-order valence-corrected chi connectivity index (χ4v) is 1.33. The molecule has 0 radical (unpaired) electrons. The Morgan fingerprint density at radius 1 is 1.31 bits per heavy atom. The summed E-state index contributed by atoms with van der Waals surface area (Å²) < 4.78 is 4.80. The van der Waals surface area contributed by atoms with E-state index in [4.69, 9.17) is 10.00 Å². The van der Waals surface area contributed by atoms with Crippen molar-refractivity contribution in [3.05, 3.63) is 11.8 Å². The van der Waals surface area contributed by atoms with Crippen molar-refractivity contribution >= 4 is 5.97 Å². The zero-order chi connectivity index (χ0) is 12.4. The number of rotatable bonds is 7. The summed E-state index contributed by atoms with van der Waals surface area (Å²) >= 11 is 0. The topological polar surface area (TPSA) is 53.3 Å². The van der Waals surface area contributed by atoms with Gasteiger partial charge in [0.05, 0.1) is 6.61 Å². The molecule has 0 bridgehead atoms. The predicted octanol–water partition coefficient (Wildman–Crippen LogP) is 2.08. The second-order valence-corrected chi connectivity index (χ2v) is 3.41. The second-order valence-electron chi connectivity index (χ2n) is 3.41. The number of hydrogen-bond acceptors (Lipinski definition) is 4. The van der Waals surface area contributed by atoms with Gasteiger partial charge in [-0.05, 0) is 19.8 Å². The molecule has 0 saturated heterocycles. The first-order valence-electron chi connectivity index (χ1n) is 5.72. The molecule has 0 aromatic heterocycles. The molecule has 16 heavy (non-hydrogen) atoms. The van der Waals surface area contributed by atoms with Crippen molar-refractivity contribution in [1.82, 2.24) is 4.90 Å². The van der Waals surface area contributed by atoms with Crippen molar-refractivity contribution in [2.24, 2.45) is 0 Å². The molecule has 0 aliphatic heterocycles. The Morgan fingerprint density at radius 3 is 2.25 bits per heavy atom. The number of hydrogen-bond donors (Lipinski definition) is 0. The third kappa shape index (κ3) is 5.40. The molecular weight excluding hydrogens is 204 g/mol. The Morgan fingerprint density at radius 2 is 1.88 bits per heavy atom. The molecule has 0 unspecified atom stereocenters. The fourth-order valence-electron chi connectivity index (χ4n) is 1.33. The van der Waals surface area contributed by atoms with E-state index in [1.807, 2.05) is 11.0 Å². The van der Waals surface area contributed by atoms with E-state index in [0.717, 1.165) is 25.9 Å². The van der Waals surface area contributed by atoms with Crippen LogP contribution in [-0.4, -0.2) is 30.6 Å². The number of ether oxygens (including phenoxy) is 1. The summed E-state index contributed by atoms with van der Waals surface area (Å²) in [6.45, 7) is 7.83. The molecular formula is C12H20N2O2. The average molecular weight is 224 g/mol. The first-order chi connectivity index (χ1) is 7.69. The van der Waals surface area contributed by atoms with E-state index in [9.17, 15) is 4.79 Å². The molecule has 0 amide bonds. The molecule has 4 nitrogen and oxygen atoms in total. The van der Waals surface area contributed by atoms with Crippen LogP contribution in [-0.2, 0) is 9.53 Å². The van der Waals surface area contributed by atoms with Gasteiger partial charge in [0.15, 0.2) is 5.57 Å². The quantitative estimate of drug-likeness (QED) is 0.377. The number of carbonyl (C=O) groups excluding carboxylic acids is 1. The van der Waals surface area contributed by atoms with Crippen LogP contribution in [0.1, 0.15) is 33.6 Å². The predicted molar refractivity (Wildman–Crippen MR) is 62.5 cm³/mol. The maximum atomic E-state index is 11.4. The van der Waals surface area contributed by atoms with E-state index in [1.165, 1.54) is 0 Å². The lowest BCUT2D eigenvalue weighted by atomic mass is 10.3. The van der Waals surface area contributed by atoms with E-state index < -0.39 is 5.97 Å². The molecule has 0 aliphatic rings. The van der Waals surface area contributed by atoms with Crippen LogP contribution < -0.4 is 0 Å². The highest BCUT2D eigenvalue weighted by Crippen LogP contribution is 2.02. The molecule has 0 rings (SSSR count). The van der Waals surface area contributed by atoms with Gasteiger partial charge in [0.25, 0.3) is 0 Å². The van der Waals surface area contributed by atoms with Gasteiger partial charge in [0, 0.05) is 19.3 Å². The smallest absolute Gasteiger partial charge is 0.350 e. The Bertz CT molecular complexity index is 273. The van der Waals surface area contributed by atoms with Crippen LogP contribution in [0.5, 0.6) is 0 Å². The minimum Gasteiger partial charge on any atom is -0.462 e. The van der Waals surface area contributed by atoms with Crippen LogP contribution in [0, 0.1) is 11.3 Å². The highest BCUT2D eigenvalue weighted by atomic mass is 16.5. The Hall–Kier alpha value is -1.50. The first kappa shape index (κ1) is 14.5. The lowest BCUT2D eigenvalue weighted by Crippen LogP contribution is -2.21. The van der Waals surface area contributed by atoms with Crippen LogP contribution in [0.4, 0.5) is 0 Å². The van der Waals surface area contributed by atoms with E-state index in [0.29, 0.717) is 6.61 Å². The molecule has 0 aromatic rings. The van der Waals surface area contributed by atoms with Gasteiger partial charge in [-0.25, -0.2) is 4.79 Å². The molecule has 0 saturated carbocycles. The molecule has 0 N–H and O–H groups in total. The van der Waals surface area contributed by atoms with Crippen molar-refractivity contribution in [2.45, 2.75) is 33.6 Å².